The molecule has 0 spiro atoms. The maximum atomic E-state index is 12.5. The molecule has 1 saturated heterocycles. The zero-order valence-corrected chi connectivity index (χ0v) is 14.2. The number of aromatic nitrogens is 4. The molecule has 2 N–H and O–H groups in total. The number of rotatable bonds is 3. The third-order valence-corrected chi connectivity index (χ3v) is 4.59. The van der Waals surface area contributed by atoms with Crippen LogP contribution in [-0.2, 0) is 0 Å². The first kappa shape index (κ1) is 16.3. The number of fused-ring (bicyclic) bond motifs is 1. The normalized spacial score (nSPS) is 15.5. The van der Waals surface area contributed by atoms with Crippen molar-refractivity contribution in [3.63, 3.8) is 0 Å². The summed E-state index contributed by atoms with van der Waals surface area (Å²) in [5, 5.41) is 13.4. The van der Waals surface area contributed by atoms with Gasteiger partial charge in [-0.15, -0.1) is 0 Å². The third-order valence-electron chi connectivity index (χ3n) is 4.59. The molecule has 0 aliphatic carbocycles. The summed E-state index contributed by atoms with van der Waals surface area (Å²) in [6.07, 6.45) is 2.52. The number of benzene rings is 1. The van der Waals surface area contributed by atoms with Gasteiger partial charge in [-0.25, -0.2) is 14.5 Å². The van der Waals surface area contributed by atoms with Crippen molar-refractivity contribution in [2.75, 3.05) is 38.1 Å². The van der Waals surface area contributed by atoms with Crippen molar-refractivity contribution >= 4 is 22.6 Å². The van der Waals surface area contributed by atoms with Crippen molar-refractivity contribution in [3.05, 3.63) is 46.5 Å². The smallest absolute Gasteiger partial charge is 0.338 e. The van der Waals surface area contributed by atoms with Crippen LogP contribution in [0.25, 0.3) is 16.9 Å². The Balaban J connectivity index is 1.70. The Morgan fingerprint density at radius 2 is 2.00 bits per heavy atom. The highest BCUT2D eigenvalue weighted by molar-refractivity contribution is 5.87. The van der Waals surface area contributed by atoms with E-state index in [1.54, 1.807) is 0 Å². The highest BCUT2D eigenvalue weighted by Gasteiger charge is 2.16. The Labute approximate surface area is 148 Å². The Bertz CT molecular complexity index is 1030. The summed E-state index contributed by atoms with van der Waals surface area (Å²) in [5.41, 5.74) is 1.28. The fraction of sp³-hybridized carbons (Fsp3) is 0.294. The average Bonchev–Trinajstić information content (AvgIpc) is 3.13. The number of nitrogens with one attached hydrogen (secondary N) is 1. The highest BCUT2D eigenvalue weighted by Crippen LogP contribution is 2.20. The van der Waals surface area contributed by atoms with Crippen molar-refractivity contribution in [2.45, 2.75) is 0 Å². The van der Waals surface area contributed by atoms with Crippen LogP contribution in [0.2, 0.25) is 0 Å². The van der Waals surface area contributed by atoms with Crippen LogP contribution in [0.3, 0.4) is 0 Å². The Morgan fingerprint density at radius 3 is 2.69 bits per heavy atom. The number of hydrogen-bond acceptors (Lipinski definition) is 6. The molecule has 0 atom stereocenters. The van der Waals surface area contributed by atoms with Gasteiger partial charge in [0.05, 0.1) is 22.7 Å². The SMILES string of the molecule is CN1CCN(c2ccc3nc(-n4cc(C(=O)O)cn4)[nH]c(=O)c3c2)CC1. The highest BCUT2D eigenvalue weighted by atomic mass is 16.4. The Hall–Kier alpha value is -3.20. The molecule has 134 valence electrons. The molecule has 1 fully saturated rings. The van der Waals surface area contributed by atoms with Gasteiger partial charge in [0.15, 0.2) is 0 Å². The lowest BCUT2D eigenvalue weighted by molar-refractivity contribution is 0.0697. The summed E-state index contributed by atoms with van der Waals surface area (Å²) >= 11 is 0. The number of carboxylic acids is 1. The molecule has 0 amide bonds. The maximum absolute atomic E-state index is 12.5. The van der Waals surface area contributed by atoms with Gasteiger partial charge < -0.3 is 14.9 Å². The van der Waals surface area contributed by atoms with Crippen molar-refractivity contribution in [1.29, 1.82) is 0 Å². The molecule has 3 aromatic rings. The van der Waals surface area contributed by atoms with Gasteiger partial charge in [-0.1, -0.05) is 0 Å². The first-order chi connectivity index (χ1) is 12.5. The molecule has 1 aliphatic rings. The summed E-state index contributed by atoms with van der Waals surface area (Å²) in [7, 11) is 2.10. The fourth-order valence-electron chi connectivity index (χ4n) is 3.03. The van der Waals surface area contributed by atoms with Gasteiger partial charge in [0, 0.05) is 38.1 Å². The van der Waals surface area contributed by atoms with Crippen LogP contribution in [0, 0.1) is 0 Å². The van der Waals surface area contributed by atoms with Crippen LogP contribution >= 0.6 is 0 Å². The minimum absolute atomic E-state index is 0.0261. The van der Waals surface area contributed by atoms with Crippen LogP contribution in [0.5, 0.6) is 0 Å². The number of aromatic amines is 1. The largest absolute Gasteiger partial charge is 0.478 e. The first-order valence-electron chi connectivity index (χ1n) is 8.27. The number of piperazine rings is 1. The molecule has 0 saturated carbocycles. The zero-order chi connectivity index (χ0) is 18.3. The molecule has 1 aliphatic heterocycles. The van der Waals surface area contributed by atoms with E-state index in [0.717, 1.165) is 31.9 Å². The van der Waals surface area contributed by atoms with E-state index < -0.39 is 5.97 Å². The predicted molar refractivity (Wildman–Crippen MR) is 96.2 cm³/mol. The molecule has 1 aromatic carbocycles. The molecular weight excluding hydrogens is 336 g/mol. The second kappa shape index (κ2) is 6.26. The van der Waals surface area contributed by atoms with Crippen LogP contribution in [-0.4, -0.2) is 69.0 Å². The minimum Gasteiger partial charge on any atom is -0.478 e. The molecule has 3 heterocycles. The van der Waals surface area contributed by atoms with E-state index in [-0.39, 0.29) is 17.1 Å². The van der Waals surface area contributed by atoms with Gasteiger partial charge in [0.1, 0.15) is 0 Å². The Kier molecular flexibility index (Phi) is 3.92. The minimum atomic E-state index is -1.09. The summed E-state index contributed by atoms with van der Waals surface area (Å²) < 4.78 is 1.25. The molecule has 0 bridgehead atoms. The van der Waals surface area contributed by atoms with Crippen molar-refractivity contribution < 1.29 is 9.90 Å². The maximum Gasteiger partial charge on any atom is 0.338 e. The van der Waals surface area contributed by atoms with Crippen LogP contribution < -0.4 is 10.5 Å². The quantitative estimate of drug-likeness (QED) is 0.707. The van der Waals surface area contributed by atoms with Gasteiger partial charge in [0.25, 0.3) is 5.56 Å². The Morgan fingerprint density at radius 1 is 1.23 bits per heavy atom. The third kappa shape index (κ3) is 2.93. The van der Waals surface area contributed by atoms with Gasteiger partial charge in [-0.3, -0.25) is 9.78 Å². The van der Waals surface area contributed by atoms with Crippen LogP contribution in [0.1, 0.15) is 10.4 Å². The molecule has 0 radical (unpaired) electrons. The molecule has 4 rings (SSSR count). The number of likely N-dealkylation sites (N-methyl/N-ethyl adjacent to an activating group) is 1. The number of anilines is 1. The summed E-state index contributed by atoms with van der Waals surface area (Å²) in [6, 6.07) is 5.61. The summed E-state index contributed by atoms with van der Waals surface area (Å²) in [5.74, 6) is -0.904. The topological polar surface area (TPSA) is 107 Å². The molecular formula is C17H18N6O3. The number of carbonyl (C=O) groups is 1. The van der Waals surface area contributed by atoms with Gasteiger partial charge in [-0.05, 0) is 25.2 Å². The number of aromatic carboxylic acids is 1. The van der Waals surface area contributed by atoms with E-state index in [1.165, 1.54) is 17.1 Å². The van der Waals surface area contributed by atoms with Crippen molar-refractivity contribution in [3.8, 4) is 5.95 Å². The monoisotopic (exact) mass is 354 g/mol. The number of carboxylic acid groups (broad SMARTS) is 1. The fourth-order valence-corrected chi connectivity index (χ4v) is 3.03. The average molecular weight is 354 g/mol. The number of H-pyrrole nitrogens is 1. The van der Waals surface area contributed by atoms with Crippen LogP contribution in [0.15, 0.2) is 35.4 Å². The first-order valence-corrected chi connectivity index (χ1v) is 8.27. The van der Waals surface area contributed by atoms with E-state index >= 15 is 0 Å². The molecule has 9 heteroatoms. The summed E-state index contributed by atoms with van der Waals surface area (Å²) in [6.45, 7) is 3.79. The van der Waals surface area contributed by atoms with Crippen LogP contribution in [0.4, 0.5) is 5.69 Å². The van der Waals surface area contributed by atoms with E-state index in [9.17, 15) is 9.59 Å². The zero-order valence-electron chi connectivity index (χ0n) is 14.2. The predicted octanol–water partition coefficient (Wildman–Crippen LogP) is 0.559. The van der Waals surface area contributed by atoms with E-state index in [0.29, 0.717) is 10.9 Å². The molecule has 9 nitrogen and oxygen atoms in total. The van der Waals surface area contributed by atoms with Crippen molar-refractivity contribution in [2.24, 2.45) is 0 Å². The number of hydrogen-bond donors (Lipinski definition) is 2. The standard InChI is InChI=1S/C17H18N6O3/c1-21-4-6-22(7-5-21)12-2-3-14-13(8-12)15(24)20-17(19-14)23-10-11(9-18-23)16(25)26/h2-3,8-10H,4-7H2,1H3,(H,25,26)(H,19,20,24). The lowest BCUT2D eigenvalue weighted by atomic mass is 10.2. The second-order valence-electron chi connectivity index (χ2n) is 6.36. The lowest BCUT2D eigenvalue weighted by Crippen LogP contribution is -2.44. The molecule has 26 heavy (non-hydrogen) atoms. The second-order valence-corrected chi connectivity index (χ2v) is 6.36. The van der Waals surface area contributed by atoms with E-state index in [1.807, 2.05) is 18.2 Å². The molecule has 0 unspecified atom stereocenters. The van der Waals surface area contributed by atoms with Gasteiger partial charge in [-0.2, -0.15) is 5.10 Å². The lowest BCUT2D eigenvalue weighted by Gasteiger charge is -2.34. The van der Waals surface area contributed by atoms with E-state index in [2.05, 4.69) is 31.9 Å². The van der Waals surface area contributed by atoms with Gasteiger partial charge >= 0.3 is 5.97 Å². The van der Waals surface area contributed by atoms with Crippen molar-refractivity contribution in [1.82, 2.24) is 24.6 Å². The van der Waals surface area contributed by atoms with E-state index in [4.69, 9.17) is 5.11 Å². The number of nitrogens with zero attached hydrogens (tertiary/aromatic N) is 5. The summed E-state index contributed by atoms with van der Waals surface area (Å²) in [4.78, 5) is 35.1. The van der Waals surface area contributed by atoms with Gasteiger partial charge in [0.2, 0.25) is 5.95 Å². The molecule has 2 aromatic heterocycles.